The molecule has 402 valence electrons. The van der Waals surface area contributed by atoms with Gasteiger partial charge in [0.25, 0.3) is 15.7 Å². The highest BCUT2D eigenvalue weighted by molar-refractivity contribution is 7.85. The molecule has 7 atom stereocenters. The number of pyridine rings is 1. The number of benzene rings is 1. The van der Waals surface area contributed by atoms with E-state index in [2.05, 4.69) is 42.8 Å². The summed E-state index contributed by atoms with van der Waals surface area (Å²) in [5.74, 6) is -0.752. The zero-order chi connectivity index (χ0) is 53.1. The summed E-state index contributed by atoms with van der Waals surface area (Å²) < 4.78 is 99.6. The fraction of sp³-hybridized carbons (Fsp3) is 0.512. The van der Waals surface area contributed by atoms with Crippen molar-refractivity contribution >= 4 is 73.3 Å². The molecule has 10 N–H and O–H groups in total. The number of carbonyl (C=O) groups excluding carboxylic acids is 1. The normalized spacial score (nSPS) is 19.7. The molecule has 1 amide bonds. The number of anilines is 2. The van der Waals surface area contributed by atoms with E-state index in [1.165, 1.54) is 0 Å². The summed E-state index contributed by atoms with van der Waals surface area (Å²) in [5.41, 5.74) is 6.39. The van der Waals surface area contributed by atoms with Gasteiger partial charge in [-0.3, -0.25) is 32.7 Å². The number of amides is 1. The van der Waals surface area contributed by atoms with Crippen molar-refractivity contribution in [1.82, 2.24) is 24.8 Å². The van der Waals surface area contributed by atoms with Crippen molar-refractivity contribution in [3.05, 3.63) is 75.9 Å². The van der Waals surface area contributed by atoms with E-state index in [1.54, 1.807) is 35.2 Å². The van der Waals surface area contributed by atoms with Gasteiger partial charge in [0.2, 0.25) is 11.9 Å². The number of hydrogen-bond acceptors (Lipinski definition) is 20. The second-order valence-electron chi connectivity index (χ2n) is 16.8. The number of aromatic nitrogens is 5. The molecule has 0 saturated carbocycles. The number of phosphoric acid groups is 3. The molecule has 4 aromatic heterocycles. The predicted molar refractivity (Wildman–Crippen MR) is 259 cm³/mol. The van der Waals surface area contributed by atoms with Crippen LogP contribution in [0.3, 0.4) is 0 Å². The zero-order valence-electron chi connectivity index (χ0n) is 39.3. The molecule has 0 spiro atoms. The fourth-order valence-electron chi connectivity index (χ4n) is 7.74. The van der Waals surface area contributed by atoms with Crippen molar-refractivity contribution in [1.29, 1.82) is 0 Å². The Kier molecular flexibility index (Phi) is 19.8. The molecule has 0 aliphatic carbocycles. The van der Waals surface area contributed by atoms with Crippen molar-refractivity contribution in [2.75, 3.05) is 49.2 Å². The molecule has 1 fully saturated rings. The molecule has 1 aliphatic rings. The molecule has 1 aromatic carbocycles. The SMILES string of the molecule is CCN(CCCCCC(=O)NCCCCCCOP(=O)(O)OP(=O)(O)OP(=O)(O)OC[C@H]1O[C@@H](n2cnc3c(=O)[nH]c(N)nc32)[C@H](O)[C@@H]1O)c1ccc2cc(-c3cc[n+](CCCS(=O)(=O)O)cc3)c(=O)oc2c1. The van der Waals surface area contributed by atoms with Crippen LogP contribution in [-0.4, -0.2) is 120 Å². The smallest absolute Gasteiger partial charge is 0.422 e. The first kappa shape index (κ1) is 57.5. The lowest BCUT2D eigenvalue weighted by Gasteiger charge is -2.23. The van der Waals surface area contributed by atoms with E-state index in [9.17, 15) is 61.4 Å². The summed E-state index contributed by atoms with van der Waals surface area (Å²) in [7, 11) is -20.8. The molecule has 0 bridgehead atoms. The molecule has 3 unspecified atom stereocenters. The number of imidazole rings is 1. The van der Waals surface area contributed by atoms with Gasteiger partial charge in [0.05, 0.1) is 30.9 Å². The average Bonchev–Trinajstić information content (AvgIpc) is 3.85. The second kappa shape index (κ2) is 25.2. The molecule has 5 heterocycles. The maximum Gasteiger partial charge on any atom is 0.490 e. The van der Waals surface area contributed by atoms with Gasteiger partial charge in [-0.05, 0) is 50.8 Å². The van der Waals surface area contributed by atoms with E-state index in [1.807, 2.05) is 25.1 Å². The Labute approximate surface area is 416 Å². The van der Waals surface area contributed by atoms with Crippen molar-refractivity contribution < 1.29 is 87.7 Å². The van der Waals surface area contributed by atoms with E-state index < -0.39 is 82.5 Å². The number of carbonyl (C=O) groups is 1. The average molecular weight is 1110 g/mol. The van der Waals surface area contributed by atoms with Crippen LogP contribution in [0.25, 0.3) is 33.3 Å². The summed E-state index contributed by atoms with van der Waals surface area (Å²) in [6.07, 6.45) is 2.62. The molecule has 73 heavy (non-hydrogen) atoms. The van der Waals surface area contributed by atoms with Crippen LogP contribution in [-0.2, 0) is 57.6 Å². The Hall–Kier alpha value is -4.80. The third-order valence-electron chi connectivity index (χ3n) is 11.3. The minimum absolute atomic E-state index is 0.114. The van der Waals surface area contributed by atoms with Crippen LogP contribution >= 0.6 is 23.5 Å². The quantitative estimate of drug-likeness (QED) is 0.0109. The highest BCUT2D eigenvalue weighted by Gasteiger charge is 2.47. The number of H-pyrrole nitrogens is 1. The van der Waals surface area contributed by atoms with Gasteiger partial charge < -0.3 is 50.0 Å². The summed E-state index contributed by atoms with van der Waals surface area (Å²) in [6, 6.07) is 10.9. The van der Waals surface area contributed by atoms with Crippen LogP contribution in [0, 0.1) is 0 Å². The minimum atomic E-state index is -5.81. The monoisotopic (exact) mass is 1110 g/mol. The highest BCUT2D eigenvalue weighted by Crippen LogP contribution is 2.67. The van der Waals surface area contributed by atoms with Gasteiger partial charge in [0, 0.05) is 67.3 Å². The van der Waals surface area contributed by atoms with Crippen molar-refractivity contribution in [3.8, 4) is 11.1 Å². The number of aryl methyl sites for hydroxylation is 1. The number of ether oxygens (including phenoxy) is 1. The number of rotatable bonds is 29. The number of aromatic amines is 1. The maximum absolute atomic E-state index is 13.0. The largest absolute Gasteiger partial charge is 0.490 e. The van der Waals surface area contributed by atoms with Gasteiger partial charge in [0.15, 0.2) is 29.8 Å². The molecule has 32 heteroatoms. The van der Waals surface area contributed by atoms with Crippen LogP contribution in [0.2, 0.25) is 0 Å². The molecule has 28 nitrogen and oxygen atoms in total. The van der Waals surface area contributed by atoms with Crippen LogP contribution in [0.5, 0.6) is 0 Å². The number of nitrogens with zero attached hydrogens (tertiary/aromatic N) is 5. The number of aliphatic hydroxyl groups excluding tert-OH is 2. The number of nitrogen functional groups attached to an aromatic ring is 1. The Balaban J connectivity index is 0.816. The minimum Gasteiger partial charge on any atom is -0.422 e. The van der Waals surface area contributed by atoms with Crippen molar-refractivity contribution in [2.24, 2.45) is 0 Å². The Morgan fingerprint density at radius 2 is 1.63 bits per heavy atom. The van der Waals surface area contributed by atoms with Gasteiger partial charge >= 0.3 is 29.1 Å². The van der Waals surface area contributed by atoms with E-state index in [0.717, 1.165) is 34.8 Å². The first-order valence-corrected chi connectivity index (χ1v) is 29.0. The first-order valence-electron chi connectivity index (χ1n) is 22.9. The zero-order valence-corrected chi connectivity index (χ0v) is 42.8. The molecule has 1 saturated heterocycles. The molecule has 1 aliphatic heterocycles. The van der Waals surface area contributed by atoms with Gasteiger partial charge in [-0.1, -0.05) is 19.3 Å². The molecule has 0 radical (unpaired) electrons. The number of phosphoric ester groups is 2. The summed E-state index contributed by atoms with van der Waals surface area (Å²) in [5, 5.41) is 24.6. The van der Waals surface area contributed by atoms with E-state index in [0.29, 0.717) is 75.0 Å². The summed E-state index contributed by atoms with van der Waals surface area (Å²) in [6.45, 7) is 2.73. The van der Waals surface area contributed by atoms with Gasteiger partial charge in [-0.15, -0.1) is 0 Å². The predicted octanol–water partition coefficient (Wildman–Crippen LogP) is 2.79. The molecular formula is C41H58N8O20P3S+. The number of hydrogen-bond donors (Lipinski definition) is 9. The van der Waals surface area contributed by atoms with Crippen LogP contribution in [0.1, 0.15) is 70.9 Å². The lowest BCUT2D eigenvalue weighted by atomic mass is 10.1. The Morgan fingerprint density at radius 3 is 2.34 bits per heavy atom. The summed E-state index contributed by atoms with van der Waals surface area (Å²) >= 11 is 0. The van der Waals surface area contributed by atoms with Crippen LogP contribution in [0.4, 0.5) is 11.6 Å². The number of fused-ring (bicyclic) bond motifs is 2. The van der Waals surface area contributed by atoms with Crippen LogP contribution < -0.4 is 31.7 Å². The number of aliphatic hydroxyl groups is 2. The molecular weight excluding hydrogens is 1050 g/mol. The lowest BCUT2D eigenvalue weighted by molar-refractivity contribution is -0.696. The molecule has 5 aromatic rings. The number of nitrogens with two attached hydrogens (primary N) is 1. The third kappa shape index (κ3) is 16.9. The van der Waals surface area contributed by atoms with Crippen LogP contribution in [0.15, 0.2) is 69.1 Å². The number of unbranched alkanes of at least 4 members (excludes halogenated alkanes) is 5. The maximum atomic E-state index is 13.0. The van der Waals surface area contributed by atoms with E-state index in [4.69, 9.17) is 19.4 Å². The standard InChI is InChI=1S/C41H57N8O20P3S/c1-2-48(29-13-12-28-23-30(40(54)67-31(28)24-29)27-14-19-47(20-15-27)17-10-22-73(61,62)63)18-8-5-6-11-33(50)43-16-7-3-4-9-21-64-70(55,56)68-72(59,60)69-71(57,58)65-25-32-35(51)36(52)39(66-32)49-26-44-34-37(49)45-41(42)46-38(34)53/h12-15,19-20,23-24,26,32,35-36,39,51-52H,2-11,16-18,21-22,25H2,1H3,(H7-,42,43,45,46,50,53,55,56,57,58,59,60,61,62,63)/p+1/t32-,35-,36-,39-/m1/s1. The Bertz CT molecular complexity index is 3090. The van der Waals surface area contributed by atoms with Gasteiger partial charge in [0.1, 0.15) is 30.4 Å². The number of nitrogens with one attached hydrogen (secondary N) is 2. The summed E-state index contributed by atoms with van der Waals surface area (Å²) in [4.78, 5) is 79.6. The second-order valence-corrected chi connectivity index (χ2v) is 23.0. The first-order chi connectivity index (χ1) is 34.4. The van der Waals surface area contributed by atoms with Crippen molar-refractivity contribution in [2.45, 2.75) is 95.8 Å². The van der Waals surface area contributed by atoms with Crippen molar-refractivity contribution in [3.63, 3.8) is 0 Å². The van der Waals surface area contributed by atoms with Gasteiger partial charge in [-0.2, -0.15) is 22.0 Å². The third-order valence-corrected chi connectivity index (χ3v) is 16.4. The lowest BCUT2D eigenvalue weighted by Crippen LogP contribution is -2.33. The van der Waals surface area contributed by atoms with Gasteiger partial charge in [-0.25, -0.2) is 28.0 Å². The van der Waals surface area contributed by atoms with E-state index in [-0.39, 0.29) is 41.6 Å². The Morgan fingerprint density at radius 1 is 0.932 bits per heavy atom. The molecule has 6 rings (SSSR count). The van der Waals surface area contributed by atoms with E-state index >= 15 is 0 Å². The highest BCUT2D eigenvalue weighted by atomic mass is 32.2. The topological polar surface area (TPSA) is 409 Å². The fourth-order valence-corrected chi connectivity index (χ4v) is 11.8.